The number of carbonyl (C=O) groups excluding carboxylic acids is 2. The van der Waals surface area contributed by atoms with Gasteiger partial charge in [-0.25, -0.2) is 4.57 Å². The van der Waals surface area contributed by atoms with E-state index in [0.717, 1.165) is 64.2 Å². The fraction of sp³-hybridized carbons (Fsp3) is 0.792. The van der Waals surface area contributed by atoms with Gasteiger partial charge in [0.05, 0.1) is 6.61 Å². The predicted molar refractivity (Wildman–Crippen MR) is 239 cm³/mol. The number of hydrogen-bond donors (Lipinski definition) is 2. The summed E-state index contributed by atoms with van der Waals surface area (Å²) >= 11 is 0. The number of unbranched alkanes of at least 4 members (excludes halogenated alkanes) is 25. The van der Waals surface area contributed by atoms with Gasteiger partial charge < -0.3 is 19.3 Å². The first-order chi connectivity index (χ1) is 27.8. The number of ether oxygens (including phenoxy) is 2. The number of phosphoric ester groups is 1. The molecule has 8 nitrogen and oxygen atoms in total. The van der Waals surface area contributed by atoms with Gasteiger partial charge in [0, 0.05) is 12.8 Å². The van der Waals surface area contributed by atoms with Gasteiger partial charge in [-0.1, -0.05) is 184 Å². The van der Waals surface area contributed by atoms with E-state index in [9.17, 15) is 14.2 Å². The van der Waals surface area contributed by atoms with E-state index in [4.69, 9.17) is 19.3 Å². The largest absolute Gasteiger partial charge is 0.469 e. The van der Waals surface area contributed by atoms with Crippen molar-refractivity contribution in [2.45, 2.75) is 232 Å². The zero-order valence-electron chi connectivity index (χ0n) is 36.7. The lowest BCUT2D eigenvalue weighted by Crippen LogP contribution is -2.29. The normalized spacial score (nSPS) is 12.8. The molecule has 0 fully saturated rings. The number of allylic oxidation sites excluding steroid dienone is 8. The Bertz CT molecular complexity index is 1060. The van der Waals surface area contributed by atoms with Crippen LogP contribution in [0.2, 0.25) is 0 Å². The van der Waals surface area contributed by atoms with Gasteiger partial charge in [0.15, 0.2) is 6.10 Å². The highest BCUT2D eigenvalue weighted by molar-refractivity contribution is 7.46. The van der Waals surface area contributed by atoms with E-state index in [0.29, 0.717) is 12.8 Å². The fourth-order valence-electron chi connectivity index (χ4n) is 6.55. The SMILES string of the molecule is CCCCCC/C=C\C/C=C\CCCCCCCCCC(=O)OCC(COP(=O)(O)O)OC(=O)CCCCCCCCCCC/C=C\C/C=C\CCCCCCC. The van der Waals surface area contributed by atoms with E-state index in [1.165, 1.54) is 122 Å². The molecule has 0 aromatic heterocycles. The summed E-state index contributed by atoms with van der Waals surface area (Å²) < 4.78 is 26.5. The summed E-state index contributed by atoms with van der Waals surface area (Å²) in [4.78, 5) is 43.0. The average Bonchev–Trinajstić information content (AvgIpc) is 3.18. The van der Waals surface area contributed by atoms with Crippen molar-refractivity contribution in [2.24, 2.45) is 0 Å². The minimum atomic E-state index is -4.76. The van der Waals surface area contributed by atoms with E-state index in [1.54, 1.807) is 0 Å². The summed E-state index contributed by atoms with van der Waals surface area (Å²) in [6, 6.07) is 0. The first-order valence-electron chi connectivity index (χ1n) is 23.4. The van der Waals surface area contributed by atoms with E-state index < -0.39 is 32.5 Å². The van der Waals surface area contributed by atoms with Gasteiger partial charge in [-0.3, -0.25) is 14.1 Å². The van der Waals surface area contributed by atoms with Crippen molar-refractivity contribution >= 4 is 19.8 Å². The molecule has 0 aliphatic rings. The van der Waals surface area contributed by atoms with Crippen molar-refractivity contribution < 1.29 is 37.9 Å². The topological polar surface area (TPSA) is 119 Å². The molecule has 0 aromatic carbocycles. The zero-order valence-corrected chi connectivity index (χ0v) is 37.6. The third-order valence-electron chi connectivity index (χ3n) is 10.1. The Hall–Kier alpha value is -1.99. The highest BCUT2D eigenvalue weighted by atomic mass is 31.2. The van der Waals surface area contributed by atoms with Crippen LogP contribution in [0.15, 0.2) is 48.6 Å². The second-order valence-electron chi connectivity index (χ2n) is 15.7. The van der Waals surface area contributed by atoms with Crippen LogP contribution in [0.4, 0.5) is 0 Å². The molecule has 1 unspecified atom stereocenters. The van der Waals surface area contributed by atoms with E-state index >= 15 is 0 Å². The molecule has 0 saturated carbocycles. The summed E-state index contributed by atoms with van der Waals surface area (Å²) in [7, 11) is -4.76. The lowest BCUT2D eigenvalue weighted by molar-refractivity contribution is -0.161. The molecule has 9 heteroatoms. The second kappa shape index (κ2) is 43.6. The molecule has 0 bridgehead atoms. The Morgan fingerprint density at radius 2 is 0.789 bits per heavy atom. The highest BCUT2D eigenvalue weighted by Crippen LogP contribution is 2.36. The van der Waals surface area contributed by atoms with Crippen molar-refractivity contribution in [3.63, 3.8) is 0 Å². The van der Waals surface area contributed by atoms with Crippen molar-refractivity contribution in [3.05, 3.63) is 48.6 Å². The maximum absolute atomic E-state index is 12.5. The van der Waals surface area contributed by atoms with Crippen LogP contribution in [0.5, 0.6) is 0 Å². The first-order valence-corrected chi connectivity index (χ1v) is 25.0. The Morgan fingerprint density at radius 3 is 1.18 bits per heavy atom. The molecule has 57 heavy (non-hydrogen) atoms. The van der Waals surface area contributed by atoms with E-state index in [1.807, 2.05) is 0 Å². The fourth-order valence-corrected chi connectivity index (χ4v) is 6.91. The van der Waals surface area contributed by atoms with Crippen LogP contribution in [0, 0.1) is 0 Å². The van der Waals surface area contributed by atoms with Crippen LogP contribution in [0.1, 0.15) is 226 Å². The Kier molecular flexibility index (Phi) is 42.1. The number of esters is 2. The molecule has 332 valence electrons. The van der Waals surface area contributed by atoms with Crippen molar-refractivity contribution in [3.8, 4) is 0 Å². The zero-order chi connectivity index (χ0) is 41.8. The van der Waals surface area contributed by atoms with Gasteiger partial charge in [-0.2, -0.15) is 0 Å². The van der Waals surface area contributed by atoms with Gasteiger partial charge in [-0.15, -0.1) is 0 Å². The number of carbonyl (C=O) groups is 2. The maximum atomic E-state index is 12.5. The van der Waals surface area contributed by atoms with Gasteiger partial charge in [0.2, 0.25) is 0 Å². The lowest BCUT2D eigenvalue weighted by Gasteiger charge is -2.18. The van der Waals surface area contributed by atoms with Crippen molar-refractivity contribution in [1.29, 1.82) is 0 Å². The summed E-state index contributed by atoms with van der Waals surface area (Å²) in [5.41, 5.74) is 0. The molecule has 0 rings (SSSR count). The predicted octanol–water partition coefficient (Wildman–Crippen LogP) is 14.7. The summed E-state index contributed by atoms with van der Waals surface area (Å²) in [6.07, 6.45) is 54.0. The van der Waals surface area contributed by atoms with Gasteiger partial charge in [-0.05, 0) is 77.0 Å². The van der Waals surface area contributed by atoms with E-state index in [-0.39, 0.29) is 19.4 Å². The molecule has 0 aromatic rings. The van der Waals surface area contributed by atoms with Crippen molar-refractivity contribution in [1.82, 2.24) is 0 Å². The van der Waals surface area contributed by atoms with Crippen LogP contribution >= 0.6 is 7.82 Å². The molecule has 0 amide bonds. The lowest BCUT2D eigenvalue weighted by atomic mass is 10.1. The number of rotatable bonds is 43. The molecule has 0 spiro atoms. The third kappa shape index (κ3) is 46.6. The Balaban J connectivity index is 3.89. The molecule has 0 aliphatic carbocycles. The molecule has 1 atom stereocenters. The highest BCUT2D eigenvalue weighted by Gasteiger charge is 2.23. The standard InChI is InChI=1S/C48H87O8P/c1-3-5-7-9-11-13-15-17-19-21-23-24-25-27-29-31-33-35-37-39-41-43-48(50)56-46(45-55-57(51,52)53)44-54-47(49)42-40-38-36-34-32-30-28-26-22-20-18-16-14-12-10-8-6-4-2/h14-17,20-23,46H,3-13,18-19,24-45H2,1-2H3,(H2,51,52,53)/b16-14-,17-15-,22-20-,23-21-. The minimum Gasteiger partial charge on any atom is -0.462 e. The van der Waals surface area contributed by atoms with Crippen LogP contribution in [-0.2, 0) is 28.2 Å². The summed E-state index contributed by atoms with van der Waals surface area (Å²) in [6.45, 7) is 3.67. The molecular weight excluding hydrogens is 735 g/mol. The number of hydrogen-bond acceptors (Lipinski definition) is 6. The molecule has 0 saturated heterocycles. The van der Waals surface area contributed by atoms with Gasteiger partial charge in [0.1, 0.15) is 6.61 Å². The molecular formula is C48H87O8P. The van der Waals surface area contributed by atoms with Crippen molar-refractivity contribution in [2.75, 3.05) is 13.2 Å². The van der Waals surface area contributed by atoms with Crippen LogP contribution in [0.3, 0.4) is 0 Å². The second-order valence-corrected chi connectivity index (χ2v) is 17.0. The van der Waals surface area contributed by atoms with Crippen LogP contribution in [0.25, 0.3) is 0 Å². The first kappa shape index (κ1) is 55.0. The Labute approximate surface area is 350 Å². The molecule has 0 aliphatic heterocycles. The number of phosphoric acid groups is 1. The van der Waals surface area contributed by atoms with Gasteiger partial charge >= 0.3 is 19.8 Å². The quantitative estimate of drug-likeness (QED) is 0.0270. The molecule has 0 heterocycles. The van der Waals surface area contributed by atoms with Gasteiger partial charge in [0.25, 0.3) is 0 Å². The van der Waals surface area contributed by atoms with Crippen LogP contribution in [-0.4, -0.2) is 41.0 Å². The monoisotopic (exact) mass is 823 g/mol. The maximum Gasteiger partial charge on any atom is 0.469 e. The smallest absolute Gasteiger partial charge is 0.462 e. The average molecular weight is 823 g/mol. The van der Waals surface area contributed by atoms with E-state index in [2.05, 4.69) is 67.0 Å². The van der Waals surface area contributed by atoms with Crippen LogP contribution < -0.4 is 0 Å². The summed E-state index contributed by atoms with van der Waals surface area (Å²) in [5, 5.41) is 0. The molecule has 2 N–H and O–H groups in total. The summed E-state index contributed by atoms with van der Waals surface area (Å²) in [5.74, 6) is -0.894. The molecule has 0 radical (unpaired) electrons. The minimum absolute atomic E-state index is 0.205. The Morgan fingerprint density at radius 1 is 0.456 bits per heavy atom. The third-order valence-corrected chi connectivity index (χ3v) is 10.6.